The summed E-state index contributed by atoms with van der Waals surface area (Å²) in [6, 6.07) is 8.92. The third kappa shape index (κ3) is 4.99. The SMILES string of the molecule is O=C1C[C@H](CS(=O)(=O)O)CN1Cc1ccc(Oc2ccc(F)cc2)nc1. The quantitative estimate of drug-likeness (QED) is 0.772. The van der Waals surface area contributed by atoms with E-state index in [1.54, 1.807) is 18.3 Å². The van der Waals surface area contributed by atoms with Crippen LogP contribution in [0.15, 0.2) is 42.6 Å². The lowest BCUT2D eigenvalue weighted by atomic mass is 10.1. The predicted octanol–water partition coefficient (Wildman–Crippen LogP) is 2.25. The van der Waals surface area contributed by atoms with E-state index in [9.17, 15) is 17.6 Å². The summed E-state index contributed by atoms with van der Waals surface area (Å²) in [4.78, 5) is 17.7. The first-order chi connectivity index (χ1) is 12.3. The lowest BCUT2D eigenvalue weighted by molar-refractivity contribution is -0.128. The molecule has 0 saturated carbocycles. The number of amides is 1. The van der Waals surface area contributed by atoms with Crippen molar-refractivity contribution in [1.82, 2.24) is 9.88 Å². The van der Waals surface area contributed by atoms with Gasteiger partial charge in [-0.25, -0.2) is 9.37 Å². The topological polar surface area (TPSA) is 96.8 Å². The van der Waals surface area contributed by atoms with Crippen LogP contribution < -0.4 is 4.74 Å². The fraction of sp³-hybridized carbons (Fsp3) is 0.294. The van der Waals surface area contributed by atoms with E-state index in [2.05, 4.69) is 4.98 Å². The zero-order chi connectivity index (χ0) is 18.7. The Balaban J connectivity index is 1.59. The van der Waals surface area contributed by atoms with Crippen molar-refractivity contribution >= 4 is 16.0 Å². The van der Waals surface area contributed by atoms with E-state index < -0.39 is 21.8 Å². The summed E-state index contributed by atoms with van der Waals surface area (Å²) >= 11 is 0. The van der Waals surface area contributed by atoms with Crippen molar-refractivity contribution in [3.63, 3.8) is 0 Å². The maximum atomic E-state index is 12.9. The van der Waals surface area contributed by atoms with Gasteiger partial charge in [-0.3, -0.25) is 9.35 Å². The molecule has 0 radical (unpaired) electrons. The number of benzene rings is 1. The molecule has 3 rings (SSSR count). The minimum Gasteiger partial charge on any atom is -0.439 e. The van der Waals surface area contributed by atoms with Crippen LogP contribution in [0.2, 0.25) is 0 Å². The van der Waals surface area contributed by atoms with E-state index >= 15 is 0 Å². The molecular formula is C17H17FN2O5S. The molecule has 2 heterocycles. The number of likely N-dealkylation sites (tertiary alicyclic amines) is 1. The molecule has 1 aromatic carbocycles. The third-order valence-electron chi connectivity index (χ3n) is 3.95. The van der Waals surface area contributed by atoms with E-state index in [0.717, 1.165) is 5.56 Å². The van der Waals surface area contributed by atoms with Gasteiger partial charge < -0.3 is 9.64 Å². The lowest BCUT2D eigenvalue weighted by Crippen LogP contribution is -2.25. The van der Waals surface area contributed by atoms with Crippen LogP contribution in [0.1, 0.15) is 12.0 Å². The molecule has 1 aromatic heterocycles. The van der Waals surface area contributed by atoms with Gasteiger partial charge in [0.15, 0.2) is 0 Å². The van der Waals surface area contributed by atoms with E-state index in [0.29, 0.717) is 18.2 Å². The highest BCUT2D eigenvalue weighted by molar-refractivity contribution is 7.85. The number of hydrogen-bond donors (Lipinski definition) is 1. The molecule has 7 nitrogen and oxygen atoms in total. The molecule has 1 aliphatic heterocycles. The molecule has 1 amide bonds. The molecule has 1 N–H and O–H groups in total. The first kappa shape index (κ1) is 18.3. The second-order valence-electron chi connectivity index (χ2n) is 6.15. The minimum atomic E-state index is -4.10. The largest absolute Gasteiger partial charge is 0.439 e. The van der Waals surface area contributed by atoms with Crippen molar-refractivity contribution in [2.45, 2.75) is 13.0 Å². The van der Waals surface area contributed by atoms with E-state index in [1.807, 2.05) is 0 Å². The van der Waals surface area contributed by atoms with Crippen molar-refractivity contribution in [2.75, 3.05) is 12.3 Å². The standard InChI is InChI=1S/C17H17FN2O5S/c18-14-2-4-15(5-3-14)25-16-6-1-12(8-19-16)9-20-10-13(7-17(20)21)11-26(22,23)24/h1-6,8,13H,7,9-11H2,(H,22,23,24)/t13-/m0/s1. The van der Waals surface area contributed by atoms with Crippen LogP contribution in [0.5, 0.6) is 11.6 Å². The third-order valence-corrected chi connectivity index (χ3v) is 4.84. The van der Waals surface area contributed by atoms with Crippen molar-refractivity contribution in [2.24, 2.45) is 5.92 Å². The Hall–Kier alpha value is -2.52. The molecule has 0 spiro atoms. The average molecular weight is 380 g/mol. The number of carbonyl (C=O) groups excluding carboxylic acids is 1. The summed E-state index contributed by atoms with van der Waals surface area (Å²) in [5.74, 6) is -0.565. The molecule has 0 aliphatic carbocycles. The zero-order valence-electron chi connectivity index (χ0n) is 13.7. The molecule has 0 bridgehead atoms. The molecule has 1 atom stereocenters. The first-order valence-corrected chi connectivity index (χ1v) is 9.51. The Kier molecular flexibility index (Phi) is 5.19. The molecule has 0 unspecified atom stereocenters. The van der Waals surface area contributed by atoms with Crippen LogP contribution in [0, 0.1) is 11.7 Å². The summed E-state index contributed by atoms with van der Waals surface area (Å²) in [5.41, 5.74) is 0.761. The summed E-state index contributed by atoms with van der Waals surface area (Å²) in [5, 5.41) is 0. The van der Waals surface area contributed by atoms with Crippen LogP contribution in [0.3, 0.4) is 0 Å². The normalized spacial score (nSPS) is 17.5. The average Bonchev–Trinajstić information content (AvgIpc) is 2.89. The van der Waals surface area contributed by atoms with E-state index in [-0.39, 0.29) is 24.7 Å². The van der Waals surface area contributed by atoms with Crippen molar-refractivity contribution in [3.8, 4) is 11.6 Å². The smallest absolute Gasteiger partial charge is 0.265 e. The molecule has 1 aliphatic rings. The van der Waals surface area contributed by atoms with Crippen LogP contribution >= 0.6 is 0 Å². The van der Waals surface area contributed by atoms with E-state index in [1.165, 1.54) is 29.2 Å². The van der Waals surface area contributed by atoms with Gasteiger partial charge in [-0.2, -0.15) is 8.42 Å². The maximum absolute atomic E-state index is 12.9. The Morgan fingerprint density at radius 3 is 2.58 bits per heavy atom. The summed E-state index contributed by atoms with van der Waals surface area (Å²) in [7, 11) is -4.10. The fourth-order valence-corrected chi connectivity index (χ4v) is 3.64. The van der Waals surface area contributed by atoms with Crippen LogP contribution in [0.25, 0.3) is 0 Å². The van der Waals surface area contributed by atoms with E-state index in [4.69, 9.17) is 9.29 Å². The number of pyridine rings is 1. The lowest BCUT2D eigenvalue weighted by Gasteiger charge is -2.16. The Bertz CT molecular complexity index is 884. The zero-order valence-corrected chi connectivity index (χ0v) is 14.5. The van der Waals surface area contributed by atoms with Crippen molar-refractivity contribution < 1.29 is 26.9 Å². The highest BCUT2D eigenvalue weighted by atomic mass is 32.2. The monoisotopic (exact) mass is 380 g/mol. The van der Waals surface area contributed by atoms with Crippen LogP contribution in [-0.2, 0) is 21.5 Å². The maximum Gasteiger partial charge on any atom is 0.265 e. The fourth-order valence-electron chi connectivity index (χ4n) is 2.82. The Morgan fingerprint density at radius 1 is 1.23 bits per heavy atom. The van der Waals surface area contributed by atoms with Gasteiger partial charge in [0.1, 0.15) is 11.6 Å². The van der Waals surface area contributed by atoms with Gasteiger partial charge in [0.05, 0.1) is 5.75 Å². The molecule has 2 aromatic rings. The van der Waals surface area contributed by atoms with Crippen molar-refractivity contribution in [3.05, 3.63) is 54.0 Å². The molecule has 1 saturated heterocycles. The summed E-state index contributed by atoms with van der Waals surface area (Å²) < 4.78 is 49.2. The molecule has 1 fully saturated rings. The Morgan fingerprint density at radius 2 is 1.96 bits per heavy atom. The number of halogens is 1. The Labute approximate surface area is 150 Å². The second kappa shape index (κ2) is 7.38. The predicted molar refractivity (Wildman–Crippen MR) is 90.7 cm³/mol. The minimum absolute atomic E-state index is 0.0962. The number of ether oxygens (including phenoxy) is 1. The highest BCUT2D eigenvalue weighted by Crippen LogP contribution is 2.23. The number of aromatic nitrogens is 1. The molecule has 9 heteroatoms. The highest BCUT2D eigenvalue weighted by Gasteiger charge is 2.32. The molecule has 26 heavy (non-hydrogen) atoms. The first-order valence-electron chi connectivity index (χ1n) is 7.90. The number of rotatable bonds is 6. The molecule has 138 valence electrons. The van der Waals surface area contributed by atoms with Gasteiger partial charge in [-0.1, -0.05) is 6.07 Å². The van der Waals surface area contributed by atoms with Gasteiger partial charge in [0.2, 0.25) is 11.8 Å². The number of carbonyl (C=O) groups is 1. The second-order valence-corrected chi connectivity index (χ2v) is 7.65. The van der Waals surface area contributed by atoms with Crippen molar-refractivity contribution in [1.29, 1.82) is 0 Å². The summed E-state index contributed by atoms with van der Waals surface area (Å²) in [6.45, 7) is 0.567. The molecular weight excluding hydrogens is 363 g/mol. The summed E-state index contributed by atoms with van der Waals surface area (Å²) in [6.07, 6.45) is 1.65. The van der Waals surface area contributed by atoms with Gasteiger partial charge in [0, 0.05) is 37.7 Å². The van der Waals surface area contributed by atoms with Crippen LogP contribution in [0.4, 0.5) is 4.39 Å². The van der Waals surface area contributed by atoms with Gasteiger partial charge in [-0.05, 0) is 29.8 Å². The van der Waals surface area contributed by atoms with Gasteiger partial charge in [0.25, 0.3) is 10.1 Å². The van der Waals surface area contributed by atoms with Gasteiger partial charge >= 0.3 is 0 Å². The van der Waals surface area contributed by atoms with Crippen LogP contribution in [-0.4, -0.2) is 41.1 Å². The van der Waals surface area contributed by atoms with Gasteiger partial charge in [-0.15, -0.1) is 0 Å². The number of hydrogen-bond acceptors (Lipinski definition) is 5. The number of nitrogens with zero attached hydrogens (tertiary/aromatic N) is 2.